The van der Waals surface area contributed by atoms with Crippen LogP contribution in [0.25, 0.3) is 0 Å². The molecule has 1 aromatic rings. The zero-order valence-electron chi connectivity index (χ0n) is 10.6. The number of aromatic carboxylic acids is 1. The molecule has 1 unspecified atom stereocenters. The van der Waals surface area contributed by atoms with Crippen LogP contribution in [0.1, 0.15) is 23.2 Å². The first kappa shape index (κ1) is 14.9. The molecule has 1 saturated heterocycles. The second kappa shape index (κ2) is 5.51. The Labute approximate surface area is 119 Å². The predicted molar refractivity (Wildman–Crippen MR) is 70.2 cm³/mol. The van der Waals surface area contributed by atoms with Gasteiger partial charge in [-0.15, -0.1) is 11.3 Å². The number of sulfonamides is 1. The topological polar surface area (TPSA) is 101 Å². The van der Waals surface area contributed by atoms with Crippen molar-refractivity contribution >= 4 is 33.3 Å². The van der Waals surface area contributed by atoms with E-state index in [2.05, 4.69) is 4.74 Å². The molecule has 1 aliphatic heterocycles. The predicted octanol–water partition coefficient (Wildman–Crippen LogP) is 0.772. The molecule has 0 saturated carbocycles. The fourth-order valence-electron chi connectivity index (χ4n) is 2.08. The summed E-state index contributed by atoms with van der Waals surface area (Å²) >= 11 is 0.830. The van der Waals surface area contributed by atoms with E-state index in [1.54, 1.807) is 0 Å². The number of rotatable bonds is 4. The first-order valence-corrected chi connectivity index (χ1v) is 8.11. The minimum Gasteiger partial charge on any atom is -0.478 e. The molecule has 2 rings (SSSR count). The van der Waals surface area contributed by atoms with Crippen molar-refractivity contribution in [2.45, 2.75) is 23.1 Å². The van der Waals surface area contributed by atoms with Gasteiger partial charge in [-0.3, -0.25) is 4.79 Å². The van der Waals surface area contributed by atoms with Gasteiger partial charge >= 0.3 is 11.9 Å². The van der Waals surface area contributed by atoms with E-state index in [4.69, 9.17) is 5.11 Å². The summed E-state index contributed by atoms with van der Waals surface area (Å²) in [7, 11) is -2.66. The van der Waals surface area contributed by atoms with Crippen molar-refractivity contribution in [3.63, 3.8) is 0 Å². The molecule has 0 amide bonds. The summed E-state index contributed by atoms with van der Waals surface area (Å²) in [4.78, 5) is 22.4. The monoisotopic (exact) mass is 319 g/mol. The lowest BCUT2D eigenvalue weighted by Crippen LogP contribution is -2.40. The molecule has 9 heteroatoms. The molecular weight excluding hydrogens is 306 g/mol. The van der Waals surface area contributed by atoms with Gasteiger partial charge < -0.3 is 9.84 Å². The van der Waals surface area contributed by atoms with Gasteiger partial charge in [0.2, 0.25) is 0 Å². The molecule has 2 heterocycles. The molecule has 1 fully saturated rings. The summed E-state index contributed by atoms with van der Waals surface area (Å²) < 4.78 is 30.5. The van der Waals surface area contributed by atoms with E-state index in [0.717, 1.165) is 21.7 Å². The van der Waals surface area contributed by atoms with Crippen LogP contribution in [0, 0.1) is 0 Å². The molecule has 20 heavy (non-hydrogen) atoms. The highest BCUT2D eigenvalue weighted by Crippen LogP contribution is 2.30. The van der Waals surface area contributed by atoms with Crippen molar-refractivity contribution in [3.8, 4) is 0 Å². The van der Waals surface area contributed by atoms with Gasteiger partial charge in [0.15, 0.2) is 0 Å². The number of carboxylic acid groups (broad SMARTS) is 1. The van der Waals surface area contributed by atoms with Gasteiger partial charge in [0.05, 0.1) is 12.7 Å². The van der Waals surface area contributed by atoms with Crippen molar-refractivity contribution < 1.29 is 27.9 Å². The van der Waals surface area contributed by atoms with E-state index < -0.39 is 28.0 Å². The largest absolute Gasteiger partial charge is 0.478 e. The summed E-state index contributed by atoms with van der Waals surface area (Å²) in [6.07, 6.45) is 0.971. The van der Waals surface area contributed by atoms with Crippen LogP contribution in [-0.2, 0) is 19.6 Å². The van der Waals surface area contributed by atoms with Crippen LogP contribution in [0.5, 0.6) is 0 Å². The standard InChI is InChI=1S/C11H13NO6S2/c1-18-11(15)8-3-2-4-12(8)20(16,17)9-5-7(6-19-9)10(13)14/h5-6,8H,2-4H2,1H3,(H,13,14). The molecule has 0 aromatic carbocycles. The average molecular weight is 319 g/mol. The SMILES string of the molecule is COC(=O)C1CCCN1S(=O)(=O)c1cc(C(=O)O)cs1. The molecule has 1 aromatic heterocycles. The van der Waals surface area contributed by atoms with Crippen molar-refractivity contribution in [2.75, 3.05) is 13.7 Å². The first-order chi connectivity index (χ1) is 9.37. The Bertz CT molecular complexity index is 635. The van der Waals surface area contributed by atoms with E-state index in [1.165, 1.54) is 12.5 Å². The van der Waals surface area contributed by atoms with Gasteiger partial charge in [-0.05, 0) is 18.9 Å². The number of carboxylic acids is 1. The molecule has 0 radical (unpaired) electrons. The molecule has 0 spiro atoms. The van der Waals surface area contributed by atoms with E-state index in [0.29, 0.717) is 12.8 Å². The molecule has 1 atom stereocenters. The van der Waals surface area contributed by atoms with Crippen LogP contribution in [0.3, 0.4) is 0 Å². The number of esters is 1. The lowest BCUT2D eigenvalue weighted by atomic mass is 10.2. The van der Waals surface area contributed by atoms with Crippen LogP contribution < -0.4 is 0 Å². The van der Waals surface area contributed by atoms with E-state index in [9.17, 15) is 18.0 Å². The van der Waals surface area contributed by atoms with Crippen LogP contribution in [0.4, 0.5) is 0 Å². The Kier molecular flexibility index (Phi) is 4.11. The fourth-order valence-corrected chi connectivity index (χ4v) is 5.01. The van der Waals surface area contributed by atoms with Crippen LogP contribution in [0.15, 0.2) is 15.7 Å². The Hall–Kier alpha value is -1.45. The number of ether oxygens (including phenoxy) is 1. The lowest BCUT2D eigenvalue weighted by molar-refractivity contribution is -0.144. The van der Waals surface area contributed by atoms with Crippen LogP contribution >= 0.6 is 11.3 Å². The van der Waals surface area contributed by atoms with Gasteiger partial charge in [-0.2, -0.15) is 4.31 Å². The van der Waals surface area contributed by atoms with Gasteiger partial charge in [-0.25, -0.2) is 13.2 Å². The van der Waals surface area contributed by atoms with Crippen molar-refractivity contribution in [3.05, 3.63) is 17.0 Å². The minimum absolute atomic E-state index is 0.0781. The fraction of sp³-hybridized carbons (Fsp3) is 0.455. The van der Waals surface area contributed by atoms with Gasteiger partial charge in [0, 0.05) is 11.9 Å². The first-order valence-electron chi connectivity index (χ1n) is 5.79. The van der Waals surface area contributed by atoms with Gasteiger partial charge in [0.1, 0.15) is 10.3 Å². The Morgan fingerprint density at radius 1 is 1.50 bits per heavy atom. The van der Waals surface area contributed by atoms with Crippen molar-refractivity contribution in [1.29, 1.82) is 0 Å². The Balaban J connectivity index is 2.33. The average Bonchev–Trinajstić information content (AvgIpc) is 3.06. The smallest absolute Gasteiger partial charge is 0.336 e. The Morgan fingerprint density at radius 3 is 2.75 bits per heavy atom. The maximum Gasteiger partial charge on any atom is 0.336 e. The second-order valence-electron chi connectivity index (χ2n) is 4.26. The van der Waals surface area contributed by atoms with Crippen LogP contribution in [-0.4, -0.2) is 49.5 Å². The number of thiophene rings is 1. The third kappa shape index (κ3) is 2.56. The lowest BCUT2D eigenvalue weighted by Gasteiger charge is -2.21. The number of carbonyl (C=O) groups excluding carboxylic acids is 1. The molecule has 110 valence electrons. The summed E-state index contributed by atoms with van der Waals surface area (Å²) in [6, 6.07) is 0.273. The highest BCUT2D eigenvalue weighted by atomic mass is 32.2. The zero-order chi connectivity index (χ0) is 14.9. The van der Waals surface area contributed by atoms with Gasteiger partial charge in [-0.1, -0.05) is 0 Å². The highest BCUT2D eigenvalue weighted by Gasteiger charge is 2.40. The number of methoxy groups -OCH3 is 1. The summed E-state index contributed by atoms with van der Waals surface area (Å²) in [5, 5.41) is 10.1. The molecule has 1 N–H and O–H groups in total. The van der Waals surface area contributed by atoms with Gasteiger partial charge in [0.25, 0.3) is 10.0 Å². The maximum atomic E-state index is 12.4. The molecule has 1 aliphatic rings. The summed E-state index contributed by atoms with van der Waals surface area (Å²) in [5.74, 6) is -1.78. The summed E-state index contributed by atoms with van der Waals surface area (Å²) in [5.41, 5.74) is -0.0811. The quantitative estimate of drug-likeness (QED) is 0.823. The maximum absolute atomic E-state index is 12.4. The molecular formula is C11H13NO6S2. The normalized spacial score (nSPS) is 19.9. The van der Waals surface area contributed by atoms with E-state index in [1.807, 2.05) is 0 Å². The molecule has 0 bridgehead atoms. The number of nitrogens with zero attached hydrogens (tertiary/aromatic N) is 1. The number of hydrogen-bond acceptors (Lipinski definition) is 6. The molecule has 0 aliphatic carbocycles. The van der Waals surface area contributed by atoms with E-state index >= 15 is 0 Å². The molecule has 7 nitrogen and oxygen atoms in total. The number of carbonyl (C=O) groups is 2. The van der Waals surface area contributed by atoms with E-state index in [-0.39, 0.29) is 16.3 Å². The zero-order valence-corrected chi connectivity index (χ0v) is 12.2. The van der Waals surface area contributed by atoms with Crippen molar-refractivity contribution in [1.82, 2.24) is 4.31 Å². The third-order valence-electron chi connectivity index (χ3n) is 3.06. The van der Waals surface area contributed by atoms with Crippen molar-refractivity contribution in [2.24, 2.45) is 0 Å². The highest BCUT2D eigenvalue weighted by molar-refractivity contribution is 7.91. The third-order valence-corrected chi connectivity index (χ3v) is 6.39. The minimum atomic E-state index is -3.87. The number of hydrogen-bond donors (Lipinski definition) is 1. The van der Waals surface area contributed by atoms with Crippen LogP contribution in [0.2, 0.25) is 0 Å². The second-order valence-corrected chi connectivity index (χ2v) is 7.29. The summed E-state index contributed by atoms with van der Waals surface area (Å²) in [6.45, 7) is 0.225. The Morgan fingerprint density at radius 2 is 2.20 bits per heavy atom.